The lowest BCUT2D eigenvalue weighted by atomic mass is 10.1. The molecule has 1 aromatic rings. The third-order valence-electron chi connectivity index (χ3n) is 3.74. The molecule has 2 aliphatic heterocycles. The van der Waals surface area contributed by atoms with Crippen LogP contribution in [0.3, 0.4) is 0 Å². The Labute approximate surface area is 117 Å². The minimum atomic E-state index is -0.649. The molecular weight excluding hydrogens is 263 g/mol. The second-order valence-electron chi connectivity index (χ2n) is 5.05. The van der Waals surface area contributed by atoms with Gasteiger partial charge in [-0.15, -0.1) is 0 Å². The monoisotopic (exact) mass is 282 g/mol. The summed E-state index contributed by atoms with van der Waals surface area (Å²) in [6.07, 6.45) is 0.551. The van der Waals surface area contributed by atoms with E-state index in [0.717, 1.165) is 32.7 Å². The van der Waals surface area contributed by atoms with Crippen molar-refractivity contribution in [2.24, 2.45) is 0 Å². The van der Waals surface area contributed by atoms with E-state index in [4.69, 9.17) is 9.47 Å². The summed E-state index contributed by atoms with van der Waals surface area (Å²) in [4.78, 5) is 2.29. The summed E-state index contributed by atoms with van der Waals surface area (Å²) in [6.45, 7) is 5.48. The van der Waals surface area contributed by atoms with Crippen molar-refractivity contribution < 1.29 is 19.0 Å². The fourth-order valence-corrected chi connectivity index (χ4v) is 2.65. The number of ether oxygens (including phenoxy) is 2. The van der Waals surface area contributed by atoms with E-state index in [1.54, 1.807) is 0 Å². The number of nitrogens with zero attached hydrogens (tertiary/aromatic N) is 1. The molecule has 6 heteroatoms. The molecular formula is C14H19FN2O3. The quantitative estimate of drug-likeness (QED) is 0.857. The zero-order chi connectivity index (χ0) is 13.9. The molecule has 0 amide bonds. The fraction of sp³-hybridized carbons (Fsp3) is 0.571. The molecule has 0 radical (unpaired) electrons. The number of halogens is 1. The van der Waals surface area contributed by atoms with Crippen LogP contribution in [0.1, 0.15) is 5.56 Å². The normalized spacial score (nSPS) is 19.1. The number of benzene rings is 1. The van der Waals surface area contributed by atoms with Crippen LogP contribution in [0.2, 0.25) is 0 Å². The van der Waals surface area contributed by atoms with Gasteiger partial charge in [-0.2, -0.15) is 0 Å². The average Bonchev–Trinajstić information content (AvgIpc) is 2.49. The number of phenolic OH excluding ortho intramolecular Hbond substituents is 1. The second-order valence-corrected chi connectivity index (χ2v) is 5.05. The maximum absolute atomic E-state index is 13.7. The molecule has 20 heavy (non-hydrogen) atoms. The van der Waals surface area contributed by atoms with Gasteiger partial charge in [0.15, 0.2) is 23.1 Å². The molecule has 0 unspecified atom stereocenters. The molecule has 3 rings (SSSR count). The van der Waals surface area contributed by atoms with Crippen LogP contribution in [0, 0.1) is 5.82 Å². The van der Waals surface area contributed by atoms with Crippen molar-refractivity contribution in [3.8, 4) is 17.2 Å². The molecule has 2 N–H and O–H groups in total. The van der Waals surface area contributed by atoms with E-state index >= 15 is 0 Å². The molecule has 1 fully saturated rings. The zero-order valence-electron chi connectivity index (χ0n) is 11.3. The van der Waals surface area contributed by atoms with Crippen LogP contribution in [-0.4, -0.2) is 55.9 Å². The Bertz CT molecular complexity index is 490. The predicted molar refractivity (Wildman–Crippen MR) is 72.1 cm³/mol. The van der Waals surface area contributed by atoms with Gasteiger partial charge in [0.25, 0.3) is 0 Å². The lowest BCUT2D eigenvalue weighted by molar-refractivity contribution is 0.166. The summed E-state index contributed by atoms with van der Waals surface area (Å²) in [5, 5.41) is 13.2. The number of nitrogens with one attached hydrogen (secondary N) is 1. The Hall–Kier alpha value is -1.53. The van der Waals surface area contributed by atoms with Crippen molar-refractivity contribution in [2.45, 2.75) is 6.42 Å². The first-order chi connectivity index (χ1) is 9.75. The highest BCUT2D eigenvalue weighted by Gasteiger charge is 2.23. The van der Waals surface area contributed by atoms with Crippen LogP contribution in [-0.2, 0) is 6.42 Å². The molecule has 5 nitrogen and oxygen atoms in total. The first kappa shape index (κ1) is 13.5. The molecule has 2 aliphatic rings. The summed E-state index contributed by atoms with van der Waals surface area (Å²) in [6, 6.07) is 1.19. The lowest BCUT2D eigenvalue weighted by Gasteiger charge is -2.28. The number of fused-ring (bicyclic) bond motifs is 1. The third-order valence-corrected chi connectivity index (χ3v) is 3.74. The lowest BCUT2D eigenvalue weighted by Crippen LogP contribution is -2.44. The Morgan fingerprint density at radius 3 is 2.80 bits per heavy atom. The van der Waals surface area contributed by atoms with Crippen LogP contribution in [0.4, 0.5) is 4.39 Å². The van der Waals surface area contributed by atoms with Crippen molar-refractivity contribution >= 4 is 0 Å². The number of phenols is 1. The van der Waals surface area contributed by atoms with Gasteiger partial charge in [-0.3, -0.25) is 0 Å². The van der Waals surface area contributed by atoms with Gasteiger partial charge in [-0.25, -0.2) is 4.39 Å². The van der Waals surface area contributed by atoms with E-state index in [2.05, 4.69) is 10.2 Å². The topological polar surface area (TPSA) is 54.0 Å². The van der Waals surface area contributed by atoms with Crippen molar-refractivity contribution in [1.82, 2.24) is 10.2 Å². The molecule has 0 aliphatic carbocycles. The number of aromatic hydroxyl groups is 1. The van der Waals surface area contributed by atoms with Crippen LogP contribution >= 0.6 is 0 Å². The van der Waals surface area contributed by atoms with Crippen LogP contribution in [0.15, 0.2) is 6.07 Å². The molecule has 0 aromatic heterocycles. The molecule has 110 valence electrons. The van der Waals surface area contributed by atoms with Gasteiger partial charge in [0.05, 0.1) is 0 Å². The van der Waals surface area contributed by atoms with E-state index < -0.39 is 5.82 Å². The molecule has 0 bridgehead atoms. The predicted octanol–water partition coefficient (Wildman–Crippen LogP) is 0.750. The van der Waals surface area contributed by atoms with Gasteiger partial charge in [-0.1, -0.05) is 0 Å². The van der Waals surface area contributed by atoms with E-state index in [1.807, 2.05) is 0 Å². The van der Waals surface area contributed by atoms with E-state index in [9.17, 15) is 9.50 Å². The zero-order valence-corrected chi connectivity index (χ0v) is 11.3. The van der Waals surface area contributed by atoms with Crippen LogP contribution in [0.25, 0.3) is 0 Å². The summed E-state index contributed by atoms with van der Waals surface area (Å²) in [7, 11) is 0. The van der Waals surface area contributed by atoms with Crippen molar-refractivity contribution in [3.63, 3.8) is 0 Å². The Kier molecular flexibility index (Phi) is 3.93. The van der Waals surface area contributed by atoms with Gasteiger partial charge >= 0.3 is 0 Å². The average molecular weight is 282 g/mol. The highest BCUT2D eigenvalue weighted by molar-refractivity contribution is 5.54. The summed E-state index contributed by atoms with van der Waals surface area (Å²) < 4.78 is 24.7. The smallest absolute Gasteiger partial charge is 0.169 e. The Balaban J connectivity index is 1.78. The molecule has 0 atom stereocenters. The molecule has 2 heterocycles. The molecule has 1 aromatic carbocycles. The highest BCUT2D eigenvalue weighted by Crippen LogP contribution is 2.41. The van der Waals surface area contributed by atoms with Crippen molar-refractivity contribution in [1.29, 1.82) is 0 Å². The number of hydrogen-bond acceptors (Lipinski definition) is 5. The molecule has 0 saturated carbocycles. The van der Waals surface area contributed by atoms with Gasteiger partial charge < -0.3 is 24.8 Å². The maximum Gasteiger partial charge on any atom is 0.169 e. The maximum atomic E-state index is 13.7. The minimum Gasteiger partial charge on any atom is -0.505 e. The van der Waals surface area contributed by atoms with Crippen molar-refractivity contribution in [2.75, 3.05) is 45.9 Å². The van der Waals surface area contributed by atoms with E-state index in [0.29, 0.717) is 36.7 Å². The highest BCUT2D eigenvalue weighted by atomic mass is 19.1. The van der Waals surface area contributed by atoms with Crippen molar-refractivity contribution in [3.05, 3.63) is 17.4 Å². The summed E-state index contributed by atoms with van der Waals surface area (Å²) in [5.41, 5.74) is 0.512. The number of piperazine rings is 1. The molecule has 1 saturated heterocycles. The summed E-state index contributed by atoms with van der Waals surface area (Å²) >= 11 is 0. The van der Waals surface area contributed by atoms with Gasteiger partial charge in [0.2, 0.25) is 0 Å². The SMILES string of the molecule is Oc1c(F)cc2c(c1CCN1CCNCC1)OCCO2. The van der Waals surface area contributed by atoms with Gasteiger partial charge in [0.1, 0.15) is 13.2 Å². The van der Waals surface area contributed by atoms with Crippen LogP contribution < -0.4 is 14.8 Å². The third kappa shape index (κ3) is 2.66. The summed E-state index contributed by atoms with van der Waals surface area (Å²) in [5.74, 6) is -0.0823. The Morgan fingerprint density at radius 1 is 1.25 bits per heavy atom. The van der Waals surface area contributed by atoms with Gasteiger partial charge in [0, 0.05) is 44.4 Å². The largest absolute Gasteiger partial charge is 0.505 e. The van der Waals surface area contributed by atoms with E-state index in [1.165, 1.54) is 6.07 Å². The Morgan fingerprint density at radius 2 is 2.00 bits per heavy atom. The number of rotatable bonds is 3. The second kappa shape index (κ2) is 5.85. The fourth-order valence-electron chi connectivity index (χ4n) is 2.65. The molecule has 0 spiro atoms. The standard InChI is InChI=1S/C14H19FN2O3/c15-11-9-12-14(20-8-7-19-12)10(13(11)18)1-4-17-5-2-16-3-6-17/h9,16,18H,1-8H2. The minimum absolute atomic E-state index is 0.315. The first-order valence-corrected chi connectivity index (χ1v) is 6.98. The van der Waals surface area contributed by atoms with E-state index in [-0.39, 0.29) is 5.75 Å². The first-order valence-electron chi connectivity index (χ1n) is 6.98. The number of hydrogen-bond donors (Lipinski definition) is 2. The van der Waals surface area contributed by atoms with Crippen LogP contribution in [0.5, 0.6) is 17.2 Å². The van der Waals surface area contributed by atoms with Gasteiger partial charge in [-0.05, 0) is 6.42 Å².